The molecule has 126 heavy (non-hydrogen) atoms. The molecule has 0 aliphatic rings. The number of carbonyl (C=O) groups is 17. The van der Waals surface area contributed by atoms with Crippen LogP contribution in [0.4, 0.5) is 0 Å². The van der Waals surface area contributed by atoms with Crippen molar-refractivity contribution in [2.75, 3.05) is 31.6 Å². The number of aliphatic hydroxyl groups excluding tert-OH is 1. The number of carbonyl (C=O) groups excluding carboxylic acids is 16. The molecule has 16 amide bonds. The normalized spacial score (nSPS) is 15.2. The van der Waals surface area contributed by atoms with Gasteiger partial charge in [0.15, 0.2) is 5.96 Å². The number of unbranched alkanes of at least 4 members (excludes halogenated alkanes) is 2. The van der Waals surface area contributed by atoms with Crippen LogP contribution >= 0.6 is 11.8 Å². The zero-order valence-electron chi connectivity index (χ0n) is 73.2. The second kappa shape index (κ2) is 56.9. The lowest BCUT2D eigenvalue weighted by molar-refractivity contribution is -0.142. The fourth-order valence-electron chi connectivity index (χ4n) is 12.7. The third kappa shape index (κ3) is 39.5. The van der Waals surface area contributed by atoms with E-state index in [4.69, 9.17) is 39.8 Å². The standard InChI is InChI=1S/C82H132N24O19S/c1-11-45(6)66(106-76(119)58(38-50-25-16-13-17-26-50)102-79(122)65(44(4)5)105-67(110)46(7)93-69(112)55(32-36-126-10)97-72(115)54(30-31-61(85)108)98-78(121)64(43(2)3)104-68(111)47(8)94-77(120)63(87)48(9)107)80(123)103-59(39-51-41-90-42-92-51)74(117)101-60(40-62(86)109)75(118)100-57(37-49-23-14-12-15-24-49)73(116)96-52(27-18-20-33-83)70(113)95-53(29-22-35-91-82(88)89)71(114)99-56(81(124)125)28-19-21-34-84/h12-17,23-26,41-48,52-60,63-66,107H,11,18-22,27-40,83-84,87H2,1-10H3,(H2,85,108)(H2,86,109)(H,90,92)(H,93,112)(H,94,120)(H,95,113)(H,96,116)(H,97,115)(H,98,121)(H,99,114)(H,100,118)(H,101,117)(H,102,122)(H,103,123)(H,104,111)(H,105,110)(H,106,119)(H,124,125)(H4,88,89,91)/t45-,46-,47+,48+,52-,53-,54-,55-,56-,57-,58-,59-,60-,63-,64-,65-,66-/m0/s1. The van der Waals surface area contributed by atoms with Crippen LogP contribution in [0.5, 0.6) is 0 Å². The fourth-order valence-corrected chi connectivity index (χ4v) is 13.2. The molecule has 43 nitrogen and oxygen atoms in total. The molecule has 0 aliphatic carbocycles. The van der Waals surface area contributed by atoms with Crippen molar-refractivity contribution >= 4 is 118 Å². The first-order chi connectivity index (χ1) is 59.5. The first-order valence-corrected chi connectivity index (χ1v) is 43.5. The molecule has 0 unspecified atom stereocenters. The zero-order valence-corrected chi connectivity index (χ0v) is 74.0. The number of H-pyrrole nitrogens is 1. The molecule has 0 spiro atoms. The van der Waals surface area contributed by atoms with Gasteiger partial charge in [-0.15, -0.1) is 0 Å². The van der Waals surface area contributed by atoms with E-state index in [-0.39, 0.29) is 108 Å². The maximum atomic E-state index is 15.0. The summed E-state index contributed by atoms with van der Waals surface area (Å²) in [4.78, 5) is 244. The van der Waals surface area contributed by atoms with Crippen LogP contribution in [0.25, 0.3) is 0 Å². The molecule has 17 atom stereocenters. The Balaban J connectivity index is 1.98. The van der Waals surface area contributed by atoms with Crippen molar-refractivity contribution in [3.05, 3.63) is 90.0 Å². The van der Waals surface area contributed by atoms with E-state index in [1.165, 1.54) is 45.1 Å². The molecule has 700 valence electrons. The Morgan fingerprint density at radius 3 is 1.23 bits per heavy atom. The second-order valence-corrected chi connectivity index (χ2v) is 32.6. The van der Waals surface area contributed by atoms with Crippen molar-refractivity contribution in [3.63, 3.8) is 0 Å². The molecule has 0 radical (unpaired) electrons. The average Bonchev–Trinajstić information content (AvgIpc) is 0.970. The molecule has 44 heteroatoms. The highest BCUT2D eigenvalue weighted by molar-refractivity contribution is 7.98. The third-order valence-electron chi connectivity index (χ3n) is 20.4. The van der Waals surface area contributed by atoms with Crippen molar-refractivity contribution in [1.29, 1.82) is 5.41 Å². The van der Waals surface area contributed by atoms with E-state index in [1.54, 1.807) is 108 Å². The van der Waals surface area contributed by atoms with E-state index in [1.807, 2.05) is 0 Å². The molecule has 31 N–H and O–H groups in total. The number of amides is 16. The monoisotopic (exact) mass is 1790 g/mol. The number of rotatable bonds is 60. The number of nitrogens with one attached hydrogen (secondary N) is 17. The van der Waals surface area contributed by atoms with Crippen molar-refractivity contribution in [3.8, 4) is 0 Å². The number of imidazole rings is 1. The van der Waals surface area contributed by atoms with Crippen LogP contribution in [-0.4, -0.2) is 255 Å². The Morgan fingerprint density at radius 2 is 0.810 bits per heavy atom. The highest BCUT2D eigenvalue weighted by Gasteiger charge is 2.40. The number of nitrogens with zero attached hydrogens (tertiary/aromatic N) is 1. The predicted molar refractivity (Wildman–Crippen MR) is 468 cm³/mol. The van der Waals surface area contributed by atoms with Gasteiger partial charge >= 0.3 is 5.97 Å². The number of hydrogen-bond donors (Lipinski definition) is 25. The van der Waals surface area contributed by atoms with Gasteiger partial charge in [-0.05, 0) is 139 Å². The summed E-state index contributed by atoms with van der Waals surface area (Å²) in [6.07, 6.45) is 2.20. The summed E-state index contributed by atoms with van der Waals surface area (Å²) in [5.74, 6) is -18.5. The lowest BCUT2D eigenvalue weighted by atomic mass is 9.96. The van der Waals surface area contributed by atoms with Crippen LogP contribution in [0.2, 0.25) is 0 Å². The van der Waals surface area contributed by atoms with Crippen LogP contribution in [0, 0.1) is 23.2 Å². The third-order valence-corrected chi connectivity index (χ3v) is 21.1. The Labute approximate surface area is 737 Å². The van der Waals surface area contributed by atoms with Gasteiger partial charge in [0.25, 0.3) is 0 Å². The van der Waals surface area contributed by atoms with Crippen LogP contribution in [0.3, 0.4) is 0 Å². The fraction of sp³-hybridized carbons (Fsp3) is 0.598. The van der Waals surface area contributed by atoms with Crippen molar-refractivity contribution in [1.82, 2.24) is 89.7 Å². The van der Waals surface area contributed by atoms with E-state index in [0.29, 0.717) is 30.4 Å². The number of hydrogen-bond acceptors (Lipinski definition) is 24. The molecule has 2 aromatic carbocycles. The number of carboxylic acid groups (broad SMARTS) is 1. The summed E-state index contributed by atoms with van der Waals surface area (Å²) < 4.78 is 0. The van der Waals surface area contributed by atoms with Gasteiger partial charge < -0.3 is 129 Å². The Kier molecular flexibility index (Phi) is 48.9. The minimum Gasteiger partial charge on any atom is -0.480 e. The average molecular weight is 1790 g/mol. The van der Waals surface area contributed by atoms with Crippen LogP contribution < -0.4 is 114 Å². The van der Waals surface area contributed by atoms with Gasteiger partial charge in [-0.1, -0.05) is 109 Å². The summed E-state index contributed by atoms with van der Waals surface area (Å²) in [5.41, 5.74) is 35.1. The smallest absolute Gasteiger partial charge is 0.326 e. The van der Waals surface area contributed by atoms with E-state index >= 15 is 9.59 Å². The number of aliphatic carboxylic acids is 1. The number of thioether (sulfide) groups is 1. The number of aliphatic hydroxyl groups is 1. The van der Waals surface area contributed by atoms with Gasteiger partial charge in [-0.25, -0.2) is 9.78 Å². The minimum absolute atomic E-state index is 0.0155. The van der Waals surface area contributed by atoms with Gasteiger partial charge in [0, 0.05) is 44.1 Å². The molecule has 0 fully saturated rings. The summed E-state index contributed by atoms with van der Waals surface area (Å²) >= 11 is 1.30. The molecule has 1 aromatic heterocycles. The molecule has 0 saturated carbocycles. The minimum atomic E-state index is -1.88. The summed E-state index contributed by atoms with van der Waals surface area (Å²) in [6.45, 7) is 14.1. The van der Waals surface area contributed by atoms with Crippen molar-refractivity contribution in [2.24, 2.45) is 52.2 Å². The van der Waals surface area contributed by atoms with E-state index < -0.39 is 228 Å². The molecular weight excluding hydrogens is 1660 g/mol. The number of guanidine groups is 1. The molecule has 3 aromatic rings. The highest BCUT2D eigenvalue weighted by Crippen LogP contribution is 2.17. The predicted octanol–water partition coefficient (Wildman–Crippen LogP) is -5.17. The second-order valence-electron chi connectivity index (χ2n) is 31.6. The number of carboxylic acids is 1. The van der Waals surface area contributed by atoms with Gasteiger partial charge in [0.2, 0.25) is 94.5 Å². The maximum Gasteiger partial charge on any atom is 0.326 e. The van der Waals surface area contributed by atoms with Gasteiger partial charge in [0.1, 0.15) is 90.6 Å². The number of benzene rings is 2. The highest BCUT2D eigenvalue weighted by atomic mass is 32.2. The van der Waals surface area contributed by atoms with Gasteiger partial charge in [0.05, 0.1) is 18.9 Å². The Hall–Kier alpha value is -11.9. The maximum absolute atomic E-state index is 15.0. The largest absolute Gasteiger partial charge is 0.480 e. The van der Waals surface area contributed by atoms with Gasteiger partial charge in [-0.2, -0.15) is 11.8 Å². The van der Waals surface area contributed by atoms with E-state index in [9.17, 15) is 82.1 Å². The van der Waals surface area contributed by atoms with E-state index in [0.717, 1.165) is 0 Å². The molecule has 3 rings (SSSR count). The number of primary amides is 2. The molecule has 0 bridgehead atoms. The SMILES string of the molecule is CC[C@H](C)[C@H](NC(=O)[C@H](Cc1ccccc1)NC(=O)[C@@H](NC(=O)[C@H](C)NC(=O)[C@H](CCSC)NC(=O)[C@H](CCC(N)=O)NC(=O)[C@@H](NC(=O)[C@@H](C)NC(=O)[C@@H](N)[C@@H](C)O)C(C)C)C(C)C)C(=O)N[C@@H](Cc1cnc[nH]1)C(=O)N[C@@H](CC(N)=O)C(=O)N[C@@H](Cc1ccccc1)C(=O)N[C@@H](CCCCN)C(=O)N[C@@H](CCCNC(=N)N)C(=O)N[C@@H](CCCCN)C(=O)O. The molecular formula is C82H132N24O19S. The lowest BCUT2D eigenvalue weighted by Crippen LogP contribution is -2.62. The first kappa shape index (κ1) is 108. The summed E-state index contributed by atoms with van der Waals surface area (Å²) in [7, 11) is 0. The van der Waals surface area contributed by atoms with Crippen LogP contribution in [0.1, 0.15) is 163 Å². The van der Waals surface area contributed by atoms with Crippen LogP contribution in [-0.2, 0) is 101 Å². The zero-order chi connectivity index (χ0) is 94.4. The van der Waals surface area contributed by atoms with Crippen molar-refractivity contribution in [2.45, 2.75) is 262 Å². The number of nitrogens with two attached hydrogens (primary N) is 6. The lowest BCUT2D eigenvalue weighted by Gasteiger charge is -2.30. The Morgan fingerprint density at radius 1 is 0.437 bits per heavy atom. The van der Waals surface area contributed by atoms with E-state index in [2.05, 4.69) is 89.7 Å². The van der Waals surface area contributed by atoms with Crippen LogP contribution in [0.15, 0.2) is 73.2 Å². The topological polar surface area (TPSA) is 720 Å². The van der Waals surface area contributed by atoms with Gasteiger partial charge in [-0.3, -0.25) is 82.1 Å². The summed E-state index contributed by atoms with van der Waals surface area (Å²) in [6, 6.07) is -5.38. The summed E-state index contributed by atoms with van der Waals surface area (Å²) in [5, 5.41) is 66.2. The molecule has 1 heterocycles. The number of aromatic nitrogens is 2. The Bertz CT molecular complexity index is 4080. The molecule has 0 aliphatic heterocycles. The van der Waals surface area contributed by atoms with Crippen molar-refractivity contribution < 1.29 is 91.7 Å². The molecule has 0 saturated heterocycles. The first-order valence-electron chi connectivity index (χ1n) is 42.1. The quantitative estimate of drug-likeness (QED) is 0.0143. The number of aromatic amines is 1.